The van der Waals surface area contributed by atoms with E-state index < -0.39 is 15.8 Å². The van der Waals surface area contributed by atoms with Crippen LogP contribution in [-0.2, 0) is 27.6 Å². The molecule has 5 nitrogen and oxygen atoms in total. The number of fused-ring (bicyclic) bond motifs is 1. The first-order valence-corrected chi connectivity index (χ1v) is 12.2. The Bertz CT molecular complexity index is 1400. The average Bonchev–Trinajstić information content (AvgIpc) is 3.21. The summed E-state index contributed by atoms with van der Waals surface area (Å²) in [7, 11) is -3.65. The van der Waals surface area contributed by atoms with E-state index in [4.69, 9.17) is 0 Å². The fourth-order valence-corrected chi connectivity index (χ4v) is 7.16. The summed E-state index contributed by atoms with van der Waals surface area (Å²) in [5, 5.41) is 12.2. The van der Waals surface area contributed by atoms with Crippen LogP contribution in [0.3, 0.4) is 0 Å². The van der Waals surface area contributed by atoms with E-state index in [2.05, 4.69) is 0 Å². The molecular formula is C24H23NO4S2. The minimum absolute atomic E-state index is 0.135. The van der Waals surface area contributed by atoms with Crippen LogP contribution in [0.4, 0.5) is 0 Å². The Morgan fingerprint density at radius 3 is 2.45 bits per heavy atom. The predicted octanol–water partition coefficient (Wildman–Crippen LogP) is 5.14. The molecule has 0 radical (unpaired) electrons. The van der Waals surface area contributed by atoms with Crippen molar-refractivity contribution in [3.63, 3.8) is 0 Å². The summed E-state index contributed by atoms with van der Waals surface area (Å²) in [5.41, 5.74) is 4.46. The van der Waals surface area contributed by atoms with Crippen LogP contribution >= 0.6 is 11.3 Å². The van der Waals surface area contributed by atoms with Gasteiger partial charge >= 0.3 is 5.97 Å². The lowest BCUT2D eigenvalue weighted by Gasteiger charge is -2.09. The van der Waals surface area contributed by atoms with Crippen molar-refractivity contribution in [2.24, 2.45) is 0 Å². The molecule has 2 aromatic heterocycles. The number of hydrogen-bond acceptors (Lipinski definition) is 4. The molecule has 4 rings (SSSR count). The normalized spacial score (nSPS) is 11.8. The van der Waals surface area contributed by atoms with E-state index in [1.54, 1.807) is 34.9 Å². The molecule has 0 saturated carbocycles. The number of rotatable bonds is 6. The Labute approximate surface area is 185 Å². The van der Waals surface area contributed by atoms with Gasteiger partial charge < -0.3 is 9.67 Å². The SMILES string of the molecule is Cc1ccc2c(c1)c(Cc1scc(C)c1S(=O)(=O)c1ccccc1)c(C)n2CC(=O)O. The van der Waals surface area contributed by atoms with Crippen LogP contribution < -0.4 is 0 Å². The van der Waals surface area contributed by atoms with Crippen molar-refractivity contribution in [3.05, 3.63) is 81.2 Å². The molecule has 1 N–H and O–H groups in total. The smallest absolute Gasteiger partial charge is 0.323 e. The molecule has 0 aliphatic rings. The number of carboxylic acids is 1. The fourth-order valence-electron chi connectivity index (χ4n) is 4.08. The summed E-state index contributed by atoms with van der Waals surface area (Å²) in [4.78, 5) is 12.8. The van der Waals surface area contributed by atoms with E-state index in [0.29, 0.717) is 11.3 Å². The predicted molar refractivity (Wildman–Crippen MR) is 123 cm³/mol. The van der Waals surface area contributed by atoms with Crippen molar-refractivity contribution >= 4 is 38.0 Å². The van der Waals surface area contributed by atoms with Crippen LogP contribution in [0.25, 0.3) is 10.9 Å². The molecule has 0 atom stereocenters. The lowest BCUT2D eigenvalue weighted by atomic mass is 10.0. The highest BCUT2D eigenvalue weighted by atomic mass is 32.2. The summed E-state index contributed by atoms with van der Waals surface area (Å²) in [6.45, 7) is 5.58. The molecule has 0 aliphatic heterocycles. The van der Waals surface area contributed by atoms with Gasteiger partial charge in [-0.3, -0.25) is 4.79 Å². The number of sulfone groups is 1. The van der Waals surface area contributed by atoms with Gasteiger partial charge in [0.05, 0.1) is 9.79 Å². The number of hydrogen-bond donors (Lipinski definition) is 1. The second-order valence-electron chi connectivity index (χ2n) is 7.73. The minimum Gasteiger partial charge on any atom is -0.480 e. The Balaban J connectivity index is 1.88. The molecule has 0 saturated heterocycles. The van der Waals surface area contributed by atoms with E-state index in [-0.39, 0.29) is 11.4 Å². The zero-order valence-corrected chi connectivity index (χ0v) is 19.2. The van der Waals surface area contributed by atoms with Crippen molar-refractivity contribution in [1.29, 1.82) is 0 Å². The average molecular weight is 454 g/mol. The highest BCUT2D eigenvalue weighted by Gasteiger charge is 2.26. The number of benzene rings is 2. The molecule has 2 heterocycles. The molecule has 160 valence electrons. The number of nitrogens with zero attached hydrogens (tertiary/aromatic N) is 1. The van der Waals surface area contributed by atoms with E-state index in [1.807, 2.05) is 44.4 Å². The van der Waals surface area contributed by atoms with Gasteiger partial charge in [-0.1, -0.05) is 29.8 Å². The van der Waals surface area contributed by atoms with E-state index in [1.165, 1.54) is 11.3 Å². The second kappa shape index (κ2) is 7.98. The maximum absolute atomic E-state index is 13.4. The first kappa shape index (κ1) is 21.3. The Morgan fingerprint density at radius 2 is 1.77 bits per heavy atom. The second-order valence-corrected chi connectivity index (χ2v) is 10.6. The van der Waals surface area contributed by atoms with Gasteiger partial charge in [0.25, 0.3) is 0 Å². The monoisotopic (exact) mass is 453 g/mol. The van der Waals surface area contributed by atoms with Crippen molar-refractivity contribution in [2.75, 3.05) is 0 Å². The van der Waals surface area contributed by atoms with Gasteiger partial charge in [-0.15, -0.1) is 11.3 Å². The summed E-state index contributed by atoms with van der Waals surface area (Å²) < 4.78 is 28.6. The molecular weight excluding hydrogens is 430 g/mol. The lowest BCUT2D eigenvalue weighted by Crippen LogP contribution is -2.10. The highest BCUT2D eigenvalue weighted by molar-refractivity contribution is 7.91. The summed E-state index contributed by atoms with van der Waals surface area (Å²) in [6, 6.07) is 14.4. The van der Waals surface area contributed by atoms with Crippen LogP contribution in [-0.4, -0.2) is 24.1 Å². The maximum atomic E-state index is 13.4. The van der Waals surface area contributed by atoms with E-state index >= 15 is 0 Å². The lowest BCUT2D eigenvalue weighted by molar-refractivity contribution is -0.137. The molecule has 0 fully saturated rings. The molecule has 0 amide bonds. The first-order valence-electron chi connectivity index (χ1n) is 9.87. The van der Waals surface area contributed by atoms with Crippen LogP contribution in [0.1, 0.15) is 27.3 Å². The van der Waals surface area contributed by atoms with Crippen LogP contribution in [0.5, 0.6) is 0 Å². The number of carboxylic acid groups (broad SMARTS) is 1. The van der Waals surface area contributed by atoms with Gasteiger partial charge in [0.2, 0.25) is 9.84 Å². The minimum atomic E-state index is -3.65. The summed E-state index contributed by atoms with van der Waals surface area (Å²) >= 11 is 1.43. The zero-order chi connectivity index (χ0) is 22.3. The van der Waals surface area contributed by atoms with Crippen LogP contribution in [0.15, 0.2) is 63.7 Å². The number of aliphatic carboxylic acids is 1. The van der Waals surface area contributed by atoms with Crippen LogP contribution in [0.2, 0.25) is 0 Å². The molecule has 4 aromatic rings. The highest BCUT2D eigenvalue weighted by Crippen LogP contribution is 2.36. The maximum Gasteiger partial charge on any atom is 0.323 e. The molecule has 31 heavy (non-hydrogen) atoms. The molecule has 0 aliphatic carbocycles. The Morgan fingerprint density at radius 1 is 1.06 bits per heavy atom. The molecule has 7 heteroatoms. The van der Waals surface area contributed by atoms with Crippen molar-refractivity contribution < 1.29 is 18.3 Å². The fraction of sp³-hybridized carbons (Fsp3) is 0.208. The van der Waals surface area contributed by atoms with E-state index in [0.717, 1.165) is 38.2 Å². The van der Waals surface area contributed by atoms with Gasteiger partial charge in [-0.25, -0.2) is 8.42 Å². The van der Waals surface area contributed by atoms with Gasteiger partial charge in [0, 0.05) is 27.9 Å². The third-order valence-electron chi connectivity index (χ3n) is 5.55. The standard InChI is InChI=1S/C24H23NO4S2/c1-15-9-10-21-20(11-15)19(17(3)25(21)13-23(26)27)12-22-24(16(2)14-30-22)31(28,29)18-7-5-4-6-8-18/h4-11,14H,12-13H2,1-3H3,(H,26,27). The van der Waals surface area contributed by atoms with Crippen LogP contribution in [0, 0.1) is 20.8 Å². The quantitative estimate of drug-likeness (QED) is 0.439. The molecule has 0 unspecified atom stereocenters. The zero-order valence-electron chi connectivity index (χ0n) is 17.5. The summed E-state index contributed by atoms with van der Waals surface area (Å²) in [5.74, 6) is -0.911. The van der Waals surface area contributed by atoms with Crippen molar-refractivity contribution in [3.8, 4) is 0 Å². The summed E-state index contributed by atoms with van der Waals surface area (Å²) in [6.07, 6.45) is 0.429. The Kier molecular flexibility index (Phi) is 5.49. The first-order chi connectivity index (χ1) is 14.7. The number of thiophene rings is 1. The van der Waals surface area contributed by atoms with Gasteiger partial charge in [0.15, 0.2) is 0 Å². The largest absolute Gasteiger partial charge is 0.480 e. The molecule has 0 bridgehead atoms. The number of carbonyl (C=O) groups is 1. The van der Waals surface area contributed by atoms with Gasteiger partial charge in [0.1, 0.15) is 6.54 Å². The molecule has 2 aromatic carbocycles. The molecule has 0 spiro atoms. The third-order valence-corrected chi connectivity index (χ3v) is 8.78. The van der Waals surface area contributed by atoms with Crippen molar-refractivity contribution in [1.82, 2.24) is 4.57 Å². The third kappa shape index (κ3) is 3.79. The number of aryl methyl sites for hydroxylation is 2. The van der Waals surface area contributed by atoms with Gasteiger partial charge in [-0.05, 0) is 61.5 Å². The van der Waals surface area contributed by atoms with Crippen molar-refractivity contribution in [2.45, 2.75) is 43.5 Å². The van der Waals surface area contributed by atoms with E-state index in [9.17, 15) is 18.3 Å². The topological polar surface area (TPSA) is 76.4 Å². The van der Waals surface area contributed by atoms with Gasteiger partial charge in [-0.2, -0.15) is 0 Å². The Hall–Kier alpha value is -2.90. The number of aromatic nitrogens is 1.